The van der Waals surface area contributed by atoms with Gasteiger partial charge in [-0.25, -0.2) is 0 Å². The van der Waals surface area contributed by atoms with E-state index in [1.165, 1.54) is 32.6 Å². The Morgan fingerprint density at radius 2 is 1.50 bits per heavy atom. The molecule has 16 heavy (non-hydrogen) atoms. The first kappa shape index (κ1) is 16.5. The summed E-state index contributed by atoms with van der Waals surface area (Å²) in [6.07, 6.45) is 1.34. The molecule has 1 N–H and O–H groups in total. The van der Waals surface area contributed by atoms with Gasteiger partial charge in [-0.05, 0) is 23.8 Å². The third kappa shape index (κ3) is 2.84. The average Bonchev–Trinajstić information content (AvgIpc) is 2.58. The van der Waals surface area contributed by atoms with Crippen LogP contribution >= 0.6 is 24.8 Å². The Kier molecular flexibility index (Phi) is 5.60. The van der Waals surface area contributed by atoms with Gasteiger partial charge in [0.2, 0.25) is 0 Å². The summed E-state index contributed by atoms with van der Waals surface area (Å²) in [6, 6.07) is 0.802. The molecule has 2 aliphatic rings. The fourth-order valence-electron chi connectivity index (χ4n) is 2.71. The average molecular weight is 269 g/mol. The van der Waals surface area contributed by atoms with E-state index in [0.717, 1.165) is 6.04 Å². The minimum Gasteiger partial charge on any atom is -0.315 e. The van der Waals surface area contributed by atoms with Crippen LogP contribution in [0, 0.1) is 10.8 Å². The van der Waals surface area contributed by atoms with Gasteiger partial charge in [0.1, 0.15) is 0 Å². The summed E-state index contributed by atoms with van der Waals surface area (Å²) in [7, 11) is 0. The van der Waals surface area contributed by atoms with E-state index in [1.54, 1.807) is 0 Å². The van der Waals surface area contributed by atoms with E-state index in [2.05, 4.69) is 37.9 Å². The molecule has 0 aromatic rings. The van der Waals surface area contributed by atoms with Crippen molar-refractivity contribution in [1.82, 2.24) is 10.2 Å². The molecule has 2 rings (SSSR count). The highest BCUT2D eigenvalue weighted by Crippen LogP contribution is 2.46. The first-order valence-electron chi connectivity index (χ1n) is 5.87. The lowest BCUT2D eigenvalue weighted by Crippen LogP contribution is -2.36. The third-order valence-electron chi connectivity index (χ3n) is 4.58. The van der Waals surface area contributed by atoms with Crippen LogP contribution in [0.15, 0.2) is 0 Å². The van der Waals surface area contributed by atoms with Crippen molar-refractivity contribution in [2.24, 2.45) is 10.8 Å². The number of halogens is 2. The Hall–Kier alpha value is 0.500. The van der Waals surface area contributed by atoms with E-state index >= 15 is 0 Å². The molecule has 0 radical (unpaired) electrons. The van der Waals surface area contributed by atoms with Crippen molar-refractivity contribution in [3.05, 3.63) is 0 Å². The van der Waals surface area contributed by atoms with Crippen molar-refractivity contribution >= 4 is 24.8 Å². The summed E-state index contributed by atoms with van der Waals surface area (Å²) in [5.74, 6) is 0. The smallest absolute Gasteiger partial charge is 0.0233 e. The van der Waals surface area contributed by atoms with Crippen molar-refractivity contribution in [3.63, 3.8) is 0 Å². The van der Waals surface area contributed by atoms with Crippen LogP contribution in [0.25, 0.3) is 0 Å². The van der Waals surface area contributed by atoms with Gasteiger partial charge in [-0.15, -0.1) is 24.8 Å². The lowest BCUT2D eigenvalue weighted by molar-refractivity contribution is 0.184. The van der Waals surface area contributed by atoms with E-state index in [4.69, 9.17) is 0 Å². The van der Waals surface area contributed by atoms with Gasteiger partial charge in [-0.2, -0.15) is 0 Å². The maximum Gasteiger partial charge on any atom is 0.0233 e. The molecule has 0 aliphatic carbocycles. The van der Waals surface area contributed by atoms with Gasteiger partial charge in [0.15, 0.2) is 0 Å². The Bertz CT molecular complexity index is 207. The molecule has 0 unspecified atom stereocenters. The van der Waals surface area contributed by atoms with E-state index in [1.807, 2.05) is 0 Å². The number of nitrogens with one attached hydrogen (secondary N) is 1. The molecule has 2 aliphatic heterocycles. The summed E-state index contributed by atoms with van der Waals surface area (Å²) in [5.41, 5.74) is 0.936. The Balaban J connectivity index is 0.00000112. The van der Waals surface area contributed by atoms with Crippen molar-refractivity contribution in [1.29, 1.82) is 0 Å². The third-order valence-corrected chi connectivity index (χ3v) is 4.58. The van der Waals surface area contributed by atoms with E-state index < -0.39 is 0 Å². The molecule has 98 valence electrons. The Labute approximate surface area is 112 Å². The largest absolute Gasteiger partial charge is 0.315 e. The summed E-state index contributed by atoms with van der Waals surface area (Å²) in [4.78, 5) is 2.69. The minimum absolute atomic E-state index is 0. The quantitative estimate of drug-likeness (QED) is 0.787. The van der Waals surface area contributed by atoms with Gasteiger partial charge in [0, 0.05) is 25.7 Å². The molecule has 4 heteroatoms. The maximum atomic E-state index is 3.46. The molecule has 0 aromatic carbocycles. The lowest BCUT2D eigenvalue weighted by atomic mass is 9.71. The first-order chi connectivity index (χ1) is 6.42. The summed E-state index contributed by atoms with van der Waals surface area (Å²) in [5, 5.41) is 3.46. The Morgan fingerprint density at radius 1 is 1.00 bits per heavy atom. The molecule has 2 nitrogen and oxygen atoms in total. The van der Waals surface area contributed by atoms with Crippen molar-refractivity contribution in [3.8, 4) is 0 Å². The molecule has 2 fully saturated rings. The number of hydrogen-bond acceptors (Lipinski definition) is 2. The zero-order chi connectivity index (χ0) is 10.4. The van der Waals surface area contributed by atoms with Gasteiger partial charge in [0.05, 0.1) is 0 Å². The highest BCUT2D eigenvalue weighted by molar-refractivity contribution is 5.85. The van der Waals surface area contributed by atoms with Crippen LogP contribution in [0.1, 0.15) is 34.1 Å². The number of nitrogens with zero attached hydrogens (tertiary/aromatic N) is 1. The van der Waals surface area contributed by atoms with Gasteiger partial charge in [-0.1, -0.05) is 27.7 Å². The summed E-state index contributed by atoms with van der Waals surface area (Å²) < 4.78 is 0. The molecule has 0 spiro atoms. The normalized spacial score (nSPS) is 31.9. The number of rotatable bonds is 1. The molecular formula is C12H26Cl2N2. The van der Waals surface area contributed by atoms with Gasteiger partial charge < -0.3 is 5.32 Å². The second-order valence-corrected chi connectivity index (χ2v) is 6.32. The number of likely N-dealkylation sites (tertiary alicyclic amines) is 1. The van der Waals surface area contributed by atoms with E-state index in [-0.39, 0.29) is 24.8 Å². The highest BCUT2D eigenvalue weighted by Gasteiger charge is 2.47. The fourth-order valence-corrected chi connectivity index (χ4v) is 2.71. The molecule has 0 aromatic heterocycles. The van der Waals surface area contributed by atoms with Crippen molar-refractivity contribution in [2.45, 2.75) is 40.2 Å². The van der Waals surface area contributed by atoms with Crippen molar-refractivity contribution < 1.29 is 0 Å². The van der Waals surface area contributed by atoms with Crippen LogP contribution < -0.4 is 5.32 Å². The minimum atomic E-state index is 0. The summed E-state index contributed by atoms with van der Waals surface area (Å²) in [6.45, 7) is 14.6. The van der Waals surface area contributed by atoms with Crippen LogP contribution in [0.3, 0.4) is 0 Å². The van der Waals surface area contributed by atoms with Gasteiger partial charge in [-0.3, -0.25) is 4.90 Å². The van der Waals surface area contributed by atoms with Crippen molar-refractivity contribution in [2.75, 3.05) is 26.2 Å². The predicted octanol–water partition coefficient (Wildman–Crippen LogP) is 2.56. The second-order valence-electron chi connectivity index (χ2n) is 6.32. The fraction of sp³-hybridized carbons (Fsp3) is 1.00. The zero-order valence-electron chi connectivity index (χ0n) is 10.9. The molecule has 0 saturated carbocycles. The molecule has 0 amide bonds. The van der Waals surface area contributed by atoms with Crippen LogP contribution in [-0.2, 0) is 0 Å². The van der Waals surface area contributed by atoms with E-state index in [0.29, 0.717) is 10.8 Å². The standard InChI is InChI=1S/C12H24N2.2ClH/c1-11(2)8-14(9-12(11,3)4)10-5-6-13-7-10;;/h10,13H,5-9H2,1-4H3;2*1H/t10-;;/m1../s1. The molecule has 2 saturated heterocycles. The molecular weight excluding hydrogens is 243 g/mol. The topological polar surface area (TPSA) is 15.3 Å². The van der Waals surface area contributed by atoms with Crippen LogP contribution in [0.5, 0.6) is 0 Å². The Morgan fingerprint density at radius 3 is 1.88 bits per heavy atom. The lowest BCUT2D eigenvalue weighted by Gasteiger charge is -2.33. The highest BCUT2D eigenvalue weighted by atomic mass is 35.5. The monoisotopic (exact) mass is 268 g/mol. The molecule has 2 heterocycles. The van der Waals surface area contributed by atoms with Crippen LogP contribution in [-0.4, -0.2) is 37.1 Å². The molecule has 0 bridgehead atoms. The number of hydrogen-bond donors (Lipinski definition) is 1. The SMILES string of the molecule is CC1(C)CN([C@@H]2CCNC2)CC1(C)C.Cl.Cl. The second kappa shape index (κ2) is 5.43. The van der Waals surface area contributed by atoms with Crippen LogP contribution in [0.2, 0.25) is 0 Å². The zero-order valence-corrected chi connectivity index (χ0v) is 12.5. The molecule has 1 atom stereocenters. The van der Waals surface area contributed by atoms with Crippen LogP contribution in [0.4, 0.5) is 0 Å². The van der Waals surface area contributed by atoms with Gasteiger partial charge >= 0.3 is 0 Å². The van der Waals surface area contributed by atoms with E-state index in [9.17, 15) is 0 Å². The predicted molar refractivity (Wildman–Crippen MR) is 74.9 cm³/mol. The maximum absolute atomic E-state index is 3.46. The van der Waals surface area contributed by atoms with Gasteiger partial charge in [0.25, 0.3) is 0 Å². The summed E-state index contributed by atoms with van der Waals surface area (Å²) >= 11 is 0. The first-order valence-corrected chi connectivity index (χ1v) is 5.87.